The Labute approximate surface area is 119 Å². The Morgan fingerprint density at radius 2 is 1.95 bits per heavy atom. The van der Waals surface area contributed by atoms with Gasteiger partial charge in [-0.3, -0.25) is 0 Å². The van der Waals surface area contributed by atoms with Crippen molar-refractivity contribution in [1.29, 1.82) is 0 Å². The van der Waals surface area contributed by atoms with Crippen LogP contribution in [0.1, 0.15) is 36.7 Å². The number of nitrogens with two attached hydrogens (primary N) is 1. The molecule has 0 fully saturated rings. The Morgan fingerprint density at radius 3 is 2.45 bits per heavy atom. The van der Waals surface area contributed by atoms with Crippen LogP contribution in [0.15, 0.2) is 18.2 Å². The van der Waals surface area contributed by atoms with Crippen LogP contribution in [0, 0.1) is 0 Å². The number of benzene rings is 1. The number of anilines is 1. The van der Waals surface area contributed by atoms with E-state index in [2.05, 4.69) is 9.46 Å². The monoisotopic (exact) mass is 300 g/mol. The van der Waals surface area contributed by atoms with Crippen LogP contribution in [0.2, 0.25) is 0 Å². The van der Waals surface area contributed by atoms with E-state index in [0.717, 1.165) is 0 Å². The number of sulfonamides is 1. The van der Waals surface area contributed by atoms with Crippen molar-refractivity contribution >= 4 is 21.7 Å². The third-order valence-electron chi connectivity index (χ3n) is 2.41. The van der Waals surface area contributed by atoms with E-state index in [9.17, 15) is 13.2 Å². The first-order valence-corrected chi connectivity index (χ1v) is 7.68. The summed E-state index contributed by atoms with van der Waals surface area (Å²) in [5, 5.41) is 0. The molecule has 0 aliphatic heterocycles. The Balaban J connectivity index is 3.18. The number of hydrogen-bond donors (Lipinski definition) is 2. The van der Waals surface area contributed by atoms with Gasteiger partial charge in [0.15, 0.2) is 0 Å². The van der Waals surface area contributed by atoms with E-state index < -0.39 is 21.5 Å². The highest BCUT2D eigenvalue weighted by molar-refractivity contribution is 7.88. The molecule has 0 aliphatic carbocycles. The van der Waals surface area contributed by atoms with Crippen LogP contribution in [0.3, 0.4) is 0 Å². The van der Waals surface area contributed by atoms with Crippen LogP contribution < -0.4 is 10.5 Å². The second-order valence-electron chi connectivity index (χ2n) is 5.48. The summed E-state index contributed by atoms with van der Waals surface area (Å²) in [5.74, 6) is -0.986. The predicted molar refractivity (Wildman–Crippen MR) is 77.7 cm³/mol. The van der Waals surface area contributed by atoms with E-state index in [1.807, 2.05) is 0 Å². The van der Waals surface area contributed by atoms with E-state index in [-0.39, 0.29) is 22.6 Å². The summed E-state index contributed by atoms with van der Waals surface area (Å²) in [5.41, 5.74) is 5.83. The van der Waals surface area contributed by atoms with Gasteiger partial charge in [0, 0.05) is 16.8 Å². The smallest absolute Gasteiger partial charge is 0.338 e. The molecule has 1 aromatic carbocycles. The lowest BCUT2D eigenvalue weighted by molar-refractivity contribution is 0.0600. The van der Waals surface area contributed by atoms with Gasteiger partial charge in [-0.15, -0.1) is 0 Å². The summed E-state index contributed by atoms with van der Waals surface area (Å²) >= 11 is 0. The molecule has 1 rings (SSSR count). The number of nitrogen functional groups attached to an aromatic ring is 1. The molecule has 7 heteroatoms. The van der Waals surface area contributed by atoms with Gasteiger partial charge in [-0.05, 0) is 32.9 Å². The number of carbonyl (C=O) groups excluding carboxylic acids is 1. The van der Waals surface area contributed by atoms with Crippen molar-refractivity contribution in [3.63, 3.8) is 0 Å². The van der Waals surface area contributed by atoms with Crippen LogP contribution in [-0.4, -0.2) is 27.0 Å². The first-order valence-electron chi connectivity index (χ1n) is 6.03. The topological polar surface area (TPSA) is 98.5 Å². The molecule has 0 radical (unpaired) electrons. The molecule has 0 saturated heterocycles. The highest BCUT2D eigenvalue weighted by Crippen LogP contribution is 2.21. The summed E-state index contributed by atoms with van der Waals surface area (Å²) in [4.78, 5) is 11.7. The van der Waals surface area contributed by atoms with Gasteiger partial charge in [0.1, 0.15) is 0 Å². The number of nitrogens with one attached hydrogen (secondary N) is 1. The van der Waals surface area contributed by atoms with E-state index in [4.69, 9.17) is 5.73 Å². The zero-order chi connectivity index (χ0) is 15.6. The molecule has 0 aromatic heterocycles. The van der Waals surface area contributed by atoms with Crippen LogP contribution >= 0.6 is 0 Å². The molecule has 0 bridgehead atoms. The summed E-state index contributed by atoms with van der Waals surface area (Å²) < 4.78 is 31.4. The molecule has 0 unspecified atom stereocenters. The van der Waals surface area contributed by atoms with Crippen LogP contribution in [0.4, 0.5) is 5.69 Å². The molecule has 0 spiro atoms. The fraction of sp³-hybridized carbons (Fsp3) is 0.462. The van der Waals surface area contributed by atoms with E-state index in [1.54, 1.807) is 32.9 Å². The quantitative estimate of drug-likeness (QED) is 0.644. The molecule has 6 nitrogen and oxygen atoms in total. The first-order chi connectivity index (χ1) is 9.06. The first kappa shape index (κ1) is 16.5. The Hall–Kier alpha value is -1.60. The number of carbonyl (C=O) groups is 1. The second-order valence-corrected chi connectivity index (χ2v) is 7.20. The van der Waals surface area contributed by atoms with Gasteiger partial charge in [0.05, 0.1) is 18.4 Å². The summed E-state index contributed by atoms with van der Waals surface area (Å²) in [6.45, 7) is 5.21. The number of methoxy groups -OCH3 is 1. The highest BCUT2D eigenvalue weighted by Gasteiger charge is 2.24. The van der Waals surface area contributed by atoms with Crippen molar-refractivity contribution in [2.45, 2.75) is 32.1 Å². The summed E-state index contributed by atoms with van der Waals surface area (Å²) in [6.07, 6.45) is 0. The average molecular weight is 300 g/mol. The van der Waals surface area contributed by atoms with Gasteiger partial charge in [0.2, 0.25) is 10.0 Å². The molecule has 0 saturated carbocycles. The van der Waals surface area contributed by atoms with Gasteiger partial charge in [-0.1, -0.05) is 6.07 Å². The normalized spacial score (nSPS) is 12.2. The SMILES string of the molecule is COC(=O)c1cccc(N)c1CS(=O)(=O)NC(C)(C)C. The third kappa shape index (κ3) is 4.50. The lowest BCUT2D eigenvalue weighted by atomic mass is 10.1. The molecule has 1 aromatic rings. The van der Waals surface area contributed by atoms with Crippen molar-refractivity contribution in [2.75, 3.05) is 12.8 Å². The lowest BCUT2D eigenvalue weighted by Gasteiger charge is -2.21. The van der Waals surface area contributed by atoms with Crippen molar-refractivity contribution in [3.8, 4) is 0 Å². The Morgan fingerprint density at radius 1 is 1.35 bits per heavy atom. The molecular weight excluding hydrogens is 280 g/mol. The summed E-state index contributed by atoms with van der Waals surface area (Å²) in [6, 6.07) is 4.62. The third-order valence-corrected chi connectivity index (χ3v) is 4.01. The number of hydrogen-bond acceptors (Lipinski definition) is 5. The van der Waals surface area contributed by atoms with Crippen LogP contribution in [0.5, 0.6) is 0 Å². The number of esters is 1. The molecule has 0 amide bonds. The number of rotatable bonds is 4. The summed E-state index contributed by atoms with van der Waals surface area (Å²) in [7, 11) is -2.38. The maximum Gasteiger partial charge on any atom is 0.338 e. The molecule has 20 heavy (non-hydrogen) atoms. The maximum absolute atomic E-state index is 12.1. The van der Waals surface area contributed by atoms with E-state index in [0.29, 0.717) is 0 Å². The van der Waals surface area contributed by atoms with Crippen LogP contribution in [-0.2, 0) is 20.5 Å². The maximum atomic E-state index is 12.1. The van der Waals surface area contributed by atoms with Gasteiger partial charge in [0.25, 0.3) is 0 Å². The zero-order valence-corrected chi connectivity index (χ0v) is 12.9. The van der Waals surface area contributed by atoms with Gasteiger partial charge < -0.3 is 10.5 Å². The van der Waals surface area contributed by atoms with Crippen LogP contribution in [0.25, 0.3) is 0 Å². The van der Waals surface area contributed by atoms with Gasteiger partial charge in [-0.2, -0.15) is 0 Å². The largest absolute Gasteiger partial charge is 0.465 e. The highest BCUT2D eigenvalue weighted by atomic mass is 32.2. The molecule has 0 heterocycles. The van der Waals surface area contributed by atoms with E-state index >= 15 is 0 Å². The molecule has 112 valence electrons. The van der Waals surface area contributed by atoms with Crippen molar-refractivity contribution in [3.05, 3.63) is 29.3 Å². The predicted octanol–water partition coefficient (Wildman–Crippen LogP) is 1.27. The number of ether oxygens (including phenoxy) is 1. The minimum atomic E-state index is -3.62. The molecule has 3 N–H and O–H groups in total. The minimum Gasteiger partial charge on any atom is -0.465 e. The Bertz CT molecular complexity index is 603. The fourth-order valence-corrected chi connectivity index (χ4v) is 3.47. The van der Waals surface area contributed by atoms with Gasteiger partial charge >= 0.3 is 5.97 Å². The minimum absolute atomic E-state index is 0.159. The molecule has 0 atom stereocenters. The fourth-order valence-electron chi connectivity index (χ4n) is 1.76. The lowest BCUT2D eigenvalue weighted by Crippen LogP contribution is -2.41. The second kappa shape index (κ2) is 5.80. The standard InChI is InChI=1S/C13H20N2O4S/c1-13(2,3)15-20(17,18)8-10-9(12(16)19-4)6-5-7-11(10)14/h5-7,15H,8,14H2,1-4H3. The van der Waals surface area contributed by atoms with E-state index in [1.165, 1.54) is 13.2 Å². The Kier molecular flexibility index (Phi) is 4.77. The van der Waals surface area contributed by atoms with Gasteiger partial charge in [-0.25, -0.2) is 17.9 Å². The average Bonchev–Trinajstić information content (AvgIpc) is 2.27. The zero-order valence-electron chi connectivity index (χ0n) is 12.1. The molecule has 0 aliphatic rings. The molecular formula is C13H20N2O4S. The van der Waals surface area contributed by atoms with Crippen molar-refractivity contribution < 1.29 is 17.9 Å². The van der Waals surface area contributed by atoms with Crippen molar-refractivity contribution in [1.82, 2.24) is 4.72 Å². The van der Waals surface area contributed by atoms with Crippen molar-refractivity contribution in [2.24, 2.45) is 0 Å².